The zero-order valence-electron chi connectivity index (χ0n) is 29.5. The Hall–Kier alpha value is -2.52. The molecule has 256 valence electrons. The van der Waals surface area contributed by atoms with Crippen molar-refractivity contribution < 1.29 is 21.5 Å². The van der Waals surface area contributed by atoms with Gasteiger partial charge in [0, 0.05) is 12.1 Å². The summed E-state index contributed by atoms with van der Waals surface area (Å²) < 4.78 is 1.21. The van der Waals surface area contributed by atoms with Gasteiger partial charge in [-0.1, -0.05) is 153 Å². The van der Waals surface area contributed by atoms with Crippen molar-refractivity contribution in [3.8, 4) is 0 Å². The average molecular weight is 760 g/mol. The zero-order valence-corrected chi connectivity index (χ0v) is 33.9. The van der Waals surface area contributed by atoms with Crippen molar-refractivity contribution >= 4 is 49.3 Å². The van der Waals surface area contributed by atoms with Crippen molar-refractivity contribution in [1.82, 2.24) is 5.32 Å². The number of rotatable bonds is 8. The van der Waals surface area contributed by atoms with Crippen LogP contribution < -0.4 is 43.0 Å². The lowest BCUT2D eigenvalue weighted by Gasteiger charge is -2.47. The largest absolute Gasteiger partial charge is 1.00 e. The predicted octanol–water partition coefficient (Wildman–Crippen LogP) is 4.29. The van der Waals surface area contributed by atoms with Crippen molar-refractivity contribution in [1.29, 1.82) is 0 Å². The molecule has 2 fully saturated rings. The standard InChI is InChI=1S/C26H36NSi.C16H19NSi.BrH.ClH/c1-23(2)15-17-27(18-16-24(3)4)19-21-28(22-20-27,25-11-7-5-8-12-25)26-13-9-6-10-14-26;1-3-7-15(8-4-1)18(13-11-17-12-14-18)16-9-5-2-6-10-16;;/h5-16H,17-22H2,1-4H3;1-10,17H,11-14H2;2*1H/q+1;;;/p-1. The summed E-state index contributed by atoms with van der Waals surface area (Å²) in [6.45, 7) is 16.1. The first-order valence-electron chi connectivity index (χ1n) is 17.4. The molecule has 2 aliphatic heterocycles. The number of quaternary nitrogens is 1. The van der Waals surface area contributed by atoms with Crippen LogP contribution in [0.4, 0.5) is 0 Å². The molecule has 2 nitrogen and oxygen atoms in total. The van der Waals surface area contributed by atoms with Crippen LogP contribution in [0.25, 0.3) is 0 Å². The summed E-state index contributed by atoms with van der Waals surface area (Å²) in [7, 11) is -3.19. The Morgan fingerprint density at radius 3 is 1.10 bits per heavy atom. The third-order valence-corrected chi connectivity index (χ3v) is 20.7. The van der Waals surface area contributed by atoms with Gasteiger partial charge in [-0.15, -0.1) is 12.4 Å². The van der Waals surface area contributed by atoms with Gasteiger partial charge in [0.1, 0.15) is 16.1 Å². The topological polar surface area (TPSA) is 12.0 Å². The molecule has 6 rings (SSSR count). The molecule has 0 amide bonds. The Labute approximate surface area is 310 Å². The van der Waals surface area contributed by atoms with E-state index in [2.05, 4.69) is 166 Å². The van der Waals surface area contributed by atoms with Gasteiger partial charge in [-0.05, 0) is 65.0 Å². The van der Waals surface area contributed by atoms with Gasteiger partial charge in [-0.3, -0.25) is 0 Å². The molecule has 0 unspecified atom stereocenters. The quantitative estimate of drug-likeness (QED) is 0.161. The summed E-state index contributed by atoms with van der Waals surface area (Å²) in [4.78, 5) is 0. The van der Waals surface area contributed by atoms with E-state index in [1.165, 1.54) is 66.0 Å². The van der Waals surface area contributed by atoms with E-state index in [9.17, 15) is 0 Å². The fourth-order valence-electron chi connectivity index (χ4n) is 7.66. The highest BCUT2D eigenvalue weighted by atomic mass is 79.9. The molecule has 0 spiro atoms. The first-order chi connectivity index (χ1) is 22.4. The first-order valence-corrected chi connectivity index (χ1v) is 22.3. The van der Waals surface area contributed by atoms with Crippen LogP contribution in [0.1, 0.15) is 27.7 Å². The van der Waals surface area contributed by atoms with Crippen LogP contribution in [0, 0.1) is 0 Å². The molecule has 1 N–H and O–H groups in total. The van der Waals surface area contributed by atoms with E-state index in [4.69, 9.17) is 0 Å². The van der Waals surface area contributed by atoms with Gasteiger partial charge in [0.2, 0.25) is 0 Å². The third kappa shape index (κ3) is 9.80. The maximum absolute atomic E-state index is 3.51. The Bertz CT molecular complexity index is 1440. The summed E-state index contributed by atoms with van der Waals surface area (Å²) >= 11 is 0. The van der Waals surface area contributed by atoms with Gasteiger partial charge in [-0.25, -0.2) is 0 Å². The van der Waals surface area contributed by atoms with Crippen molar-refractivity contribution in [2.75, 3.05) is 39.3 Å². The van der Waals surface area contributed by atoms with Crippen LogP contribution in [0.3, 0.4) is 0 Å². The first kappa shape index (κ1) is 39.9. The van der Waals surface area contributed by atoms with Crippen LogP contribution in [0.5, 0.6) is 0 Å². The van der Waals surface area contributed by atoms with Crippen LogP contribution in [-0.4, -0.2) is 59.9 Å². The summed E-state index contributed by atoms with van der Waals surface area (Å²) in [6.07, 6.45) is 4.91. The maximum atomic E-state index is 3.51. The summed E-state index contributed by atoms with van der Waals surface area (Å²) in [5.74, 6) is 0. The molecule has 48 heavy (non-hydrogen) atoms. The monoisotopic (exact) mass is 758 g/mol. The van der Waals surface area contributed by atoms with Gasteiger partial charge in [-0.2, -0.15) is 0 Å². The molecule has 2 saturated heterocycles. The molecule has 0 bridgehead atoms. The van der Waals surface area contributed by atoms with Crippen LogP contribution in [0.2, 0.25) is 24.2 Å². The second-order valence-electron chi connectivity index (χ2n) is 14.1. The minimum Gasteiger partial charge on any atom is -1.00 e. The fourth-order valence-corrected chi connectivity index (χ4v) is 17.4. The molecule has 2 heterocycles. The number of hydrogen-bond acceptors (Lipinski definition) is 1. The lowest BCUT2D eigenvalue weighted by Crippen LogP contribution is -3.00. The molecular formula is C42H56BrClN2Si2. The molecule has 0 aromatic heterocycles. The van der Waals surface area contributed by atoms with E-state index >= 15 is 0 Å². The summed E-state index contributed by atoms with van der Waals surface area (Å²) in [5, 5.41) is 9.93. The van der Waals surface area contributed by atoms with Crippen molar-refractivity contribution in [2.45, 2.75) is 51.9 Å². The highest BCUT2D eigenvalue weighted by Gasteiger charge is 2.46. The van der Waals surface area contributed by atoms with Gasteiger partial charge in [0.25, 0.3) is 0 Å². The number of nitrogens with zero attached hydrogens (tertiary/aromatic N) is 1. The van der Waals surface area contributed by atoms with E-state index in [0.717, 1.165) is 13.1 Å². The summed E-state index contributed by atoms with van der Waals surface area (Å²) in [5.41, 5.74) is 2.88. The molecule has 0 radical (unpaired) electrons. The van der Waals surface area contributed by atoms with Crippen LogP contribution >= 0.6 is 12.4 Å². The number of nitrogens with one attached hydrogen (secondary N) is 1. The normalized spacial score (nSPS) is 17.2. The van der Waals surface area contributed by atoms with Crippen molar-refractivity contribution in [3.63, 3.8) is 0 Å². The Kier molecular flexibility index (Phi) is 15.8. The average Bonchev–Trinajstić information content (AvgIpc) is 3.12. The van der Waals surface area contributed by atoms with Crippen LogP contribution in [-0.2, 0) is 0 Å². The van der Waals surface area contributed by atoms with Crippen molar-refractivity contribution in [2.24, 2.45) is 0 Å². The van der Waals surface area contributed by atoms with E-state index < -0.39 is 16.1 Å². The highest BCUT2D eigenvalue weighted by Crippen LogP contribution is 2.29. The van der Waals surface area contributed by atoms with E-state index in [1.54, 1.807) is 20.7 Å². The summed E-state index contributed by atoms with van der Waals surface area (Å²) in [6, 6.07) is 50.5. The SMILES string of the molecule is CC(C)=CC[N+]1(CC=C(C)C)CC[Si](c2ccccc2)(c2ccccc2)CC1.Cl.[Br-].c1ccc([Si]2(c3ccccc3)CCNCC2)cc1. The molecule has 6 heteroatoms. The maximum Gasteiger partial charge on any atom is 0.129 e. The minimum atomic E-state index is -1.69. The Morgan fingerprint density at radius 1 is 0.521 bits per heavy atom. The number of halogens is 2. The molecule has 2 aliphatic rings. The molecule has 0 atom stereocenters. The number of benzene rings is 4. The molecule has 0 aliphatic carbocycles. The second-order valence-corrected chi connectivity index (χ2v) is 22.7. The smallest absolute Gasteiger partial charge is 0.129 e. The predicted molar refractivity (Wildman–Crippen MR) is 214 cm³/mol. The van der Waals surface area contributed by atoms with E-state index in [-0.39, 0.29) is 29.4 Å². The van der Waals surface area contributed by atoms with Gasteiger partial charge in [0.05, 0.1) is 26.2 Å². The van der Waals surface area contributed by atoms with Gasteiger partial charge in [0.15, 0.2) is 0 Å². The second kappa shape index (κ2) is 19.0. The van der Waals surface area contributed by atoms with Crippen molar-refractivity contribution in [3.05, 3.63) is 145 Å². The number of allylic oxidation sites excluding steroid dienone is 2. The molecule has 4 aromatic carbocycles. The van der Waals surface area contributed by atoms with Gasteiger partial charge < -0.3 is 26.8 Å². The minimum absolute atomic E-state index is 0. The Balaban J connectivity index is 0.000000271. The fraction of sp³-hybridized carbons (Fsp3) is 0.333. The lowest BCUT2D eigenvalue weighted by molar-refractivity contribution is -0.915. The molecular weight excluding hydrogens is 704 g/mol. The highest BCUT2D eigenvalue weighted by molar-refractivity contribution is 7.03. The zero-order chi connectivity index (χ0) is 32.3. The molecule has 0 saturated carbocycles. The van der Waals surface area contributed by atoms with Crippen LogP contribution in [0.15, 0.2) is 145 Å². The third-order valence-electron chi connectivity index (χ3n) is 10.6. The molecule has 4 aromatic rings. The van der Waals surface area contributed by atoms with Gasteiger partial charge >= 0.3 is 0 Å². The Morgan fingerprint density at radius 2 is 0.812 bits per heavy atom. The van der Waals surface area contributed by atoms with E-state index in [1.807, 2.05) is 0 Å². The van der Waals surface area contributed by atoms with E-state index in [0.29, 0.717) is 0 Å². The lowest BCUT2D eigenvalue weighted by atomic mass is 10.2. The number of hydrogen-bond donors (Lipinski definition) is 1.